The first-order valence-corrected chi connectivity index (χ1v) is 7.76. The van der Waals surface area contributed by atoms with Gasteiger partial charge < -0.3 is 9.84 Å². The van der Waals surface area contributed by atoms with Crippen LogP contribution < -0.4 is 0 Å². The number of rotatable bonds is 6. The number of hydrogen-bond acceptors (Lipinski definition) is 4. The van der Waals surface area contributed by atoms with E-state index in [1.54, 1.807) is 6.92 Å². The van der Waals surface area contributed by atoms with Crippen molar-refractivity contribution in [1.82, 2.24) is 4.90 Å². The van der Waals surface area contributed by atoms with E-state index in [2.05, 4.69) is 0 Å². The fourth-order valence-corrected chi connectivity index (χ4v) is 2.70. The number of amides is 2. The van der Waals surface area contributed by atoms with Crippen LogP contribution in [0.5, 0.6) is 0 Å². The smallest absolute Gasteiger partial charge is 0.416 e. The van der Waals surface area contributed by atoms with E-state index >= 15 is 0 Å². The van der Waals surface area contributed by atoms with Gasteiger partial charge in [-0.1, -0.05) is 50.6 Å². The molecule has 1 saturated heterocycles. The molecule has 120 valence electrons. The van der Waals surface area contributed by atoms with E-state index in [0.717, 1.165) is 12.0 Å². The summed E-state index contributed by atoms with van der Waals surface area (Å²) in [7, 11) is 0. The van der Waals surface area contributed by atoms with Gasteiger partial charge in [-0.25, -0.2) is 9.69 Å². The lowest BCUT2D eigenvalue weighted by Crippen LogP contribution is -2.45. The Hall–Kier alpha value is -1.88. The highest BCUT2D eigenvalue weighted by atomic mass is 16.6. The number of aliphatic hydroxyl groups is 1. The van der Waals surface area contributed by atoms with Crippen molar-refractivity contribution in [3.05, 3.63) is 35.9 Å². The second-order valence-corrected chi connectivity index (χ2v) is 5.77. The number of imide groups is 1. The number of carbonyl (C=O) groups is 2. The first-order valence-electron chi connectivity index (χ1n) is 7.76. The lowest BCUT2D eigenvalue weighted by Gasteiger charge is -2.25. The fourth-order valence-electron chi connectivity index (χ4n) is 2.70. The van der Waals surface area contributed by atoms with Gasteiger partial charge in [0, 0.05) is 0 Å². The van der Waals surface area contributed by atoms with Gasteiger partial charge in [0.05, 0.1) is 18.1 Å². The van der Waals surface area contributed by atoms with Crippen LogP contribution in [0.2, 0.25) is 0 Å². The quantitative estimate of drug-likeness (QED) is 0.876. The largest absolute Gasteiger partial charge is 0.447 e. The van der Waals surface area contributed by atoms with Crippen molar-refractivity contribution in [3.8, 4) is 0 Å². The number of hydrogen-bond donors (Lipinski definition) is 1. The van der Waals surface area contributed by atoms with Crippen molar-refractivity contribution in [3.63, 3.8) is 0 Å². The van der Waals surface area contributed by atoms with Crippen LogP contribution in [0.25, 0.3) is 0 Å². The van der Waals surface area contributed by atoms with Crippen molar-refractivity contribution in [2.75, 3.05) is 6.61 Å². The first-order chi connectivity index (χ1) is 10.5. The molecule has 0 bridgehead atoms. The van der Waals surface area contributed by atoms with Crippen LogP contribution in [0.15, 0.2) is 30.3 Å². The Labute approximate surface area is 130 Å². The van der Waals surface area contributed by atoms with E-state index in [9.17, 15) is 14.7 Å². The van der Waals surface area contributed by atoms with Gasteiger partial charge in [0.25, 0.3) is 0 Å². The van der Waals surface area contributed by atoms with Crippen LogP contribution in [-0.2, 0) is 16.0 Å². The van der Waals surface area contributed by atoms with Gasteiger partial charge in [-0.05, 0) is 18.4 Å². The topological polar surface area (TPSA) is 66.8 Å². The number of carbonyl (C=O) groups excluding carboxylic acids is 2. The molecule has 1 aromatic rings. The number of ether oxygens (including phenoxy) is 1. The van der Waals surface area contributed by atoms with Crippen LogP contribution in [-0.4, -0.2) is 40.8 Å². The van der Waals surface area contributed by atoms with Crippen molar-refractivity contribution < 1.29 is 19.4 Å². The van der Waals surface area contributed by atoms with Crippen molar-refractivity contribution in [2.45, 2.75) is 45.3 Å². The molecule has 0 unspecified atom stereocenters. The monoisotopic (exact) mass is 305 g/mol. The molecule has 0 aromatic heterocycles. The minimum atomic E-state index is -0.733. The van der Waals surface area contributed by atoms with Gasteiger partial charge in [-0.2, -0.15) is 0 Å². The van der Waals surface area contributed by atoms with Gasteiger partial charge in [-0.3, -0.25) is 4.79 Å². The lowest BCUT2D eigenvalue weighted by molar-refractivity contribution is -0.136. The molecule has 2 rings (SSSR count). The zero-order chi connectivity index (χ0) is 16.1. The summed E-state index contributed by atoms with van der Waals surface area (Å²) in [4.78, 5) is 25.6. The summed E-state index contributed by atoms with van der Waals surface area (Å²) in [6.07, 6.45) is 0.551. The van der Waals surface area contributed by atoms with Gasteiger partial charge in [0.15, 0.2) is 0 Å². The molecule has 1 aliphatic heterocycles. The van der Waals surface area contributed by atoms with Crippen LogP contribution in [0, 0.1) is 5.92 Å². The Morgan fingerprint density at radius 3 is 2.73 bits per heavy atom. The molecule has 0 radical (unpaired) electrons. The summed E-state index contributed by atoms with van der Waals surface area (Å²) >= 11 is 0. The molecule has 5 heteroatoms. The van der Waals surface area contributed by atoms with E-state index < -0.39 is 18.1 Å². The minimum absolute atomic E-state index is 0.204. The van der Waals surface area contributed by atoms with Crippen LogP contribution >= 0.6 is 0 Å². The summed E-state index contributed by atoms with van der Waals surface area (Å²) in [5, 5.41) is 10.0. The Balaban J connectivity index is 2.09. The molecule has 1 heterocycles. The molecule has 2 amide bonds. The summed E-state index contributed by atoms with van der Waals surface area (Å²) < 4.78 is 5.05. The van der Waals surface area contributed by atoms with Crippen LogP contribution in [0.4, 0.5) is 4.79 Å². The highest BCUT2D eigenvalue weighted by Crippen LogP contribution is 2.22. The van der Waals surface area contributed by atoms with Gasteiger partial charge in [-0.15, -0.1) is 0 Å². The number of benzene rings is 1. The highest BCUT2D eigenvalue weighted by Gasteiger charge is 2.40. The normalized spacial score (nSPS) is 20.6. The van der Waals surface area contributed by atoms with Crippen LogP contribution in [0.3, 0.4) is 0 Å². The maximum absolute atomic E-state index is 12.5. The second-order valence-electron chi connectivity index (χ2n) is 5.77. The SMILES string of the molecule is CCC[C@H](O)[C@H](C)C(=O)N1C(=O)OC[C@H]1Cc1ccccc1. The van der Waals surface area contributed by atoms with Crippen molar-refractivity contribution >= 4 is 12.0 Å². The van der Waals surface area contributed by atoms with E-state index in [1.165, 1.54) is 4.90 Å². The number of cyclic esters (lactones) is 1. The third kappa shape index (κ3) is 3.65. The highest BCUT2D eigenvalue weighted by molar-refractivity contribution is 5.94. The second kappa shape index (κ2) is 7.40. The Kier molecular flexibility index (Phi) is 5.55. The standard InChI is InChI=1S/C17H23NO4/c1-3-7-15(19)12(2)16(20)18-14(11-22-17(18)21)10-13-8-5-4-6-9-13/h4-6,8-9,12,14-15,19H,3,7,10-11H2,1-2H3/t12-,14+,15-/m0/s1. The zero-order valence-electron chi connectivity index (χ0n) is 13.1. The van der Waals surface area contributed by atoms with E-state index in [1.807, 2.05) is 37.3 Å². The molecule has 22 heavy (non-hydrogen) atoms. The van der Waals surface area contributed by atoms with Gasteiger partial charge in [0.2, 0.25) is 5.91 Å². The average Bonchev–Trinajstić information content (AvgIpc) is 2.87. The predicted molar refractivity (Wildman–Crippen MR) is 82.2 cm³/mol. The van der Waals surface area contributed by atoms with E-state index in [-0.39, 0.29) is 18.6 Å². The molecule has 1 aromatic carbocycles. The number of nitrogens with zero attached hydrogens (tertiary/aromatic N) is 1. The van der Waals surface area contributed by atoms with Gasteiger partial charge in [0.1, 0.15) is 6.61 Å². The molecular formula is C17H23NO4. The summed E-state index contributed by atoms with van der Waals surface area (Å²) in [5.74, 6) is -0.965. The summed E-state index contributed by atoms with van der Waals surface area (Å²) in [5.41, 5.74) is 1.05. The third-order valence-electron chi connectivity index (χ3n) is 4.06. The Morgan fingerprint density at radius 1 is 1.41 bits per heavy atom. The fraction of sp³-hybridized carbons (Fsp3) is 0.529. The Bertz CT molecular complexity index is 517. The maximum atomic E-state index is 12.5. The summed E-state index contributed by atoms with van der Waals surface area (Å²) in [6.45, 7) is 3.81. The van der Waals surface area contributed by atoms with Crippen LogP contribution in [0.1, 0.15) is 32.3 Å². The zero-order valence-corrected chi connectivity index (χ0v) is 13.1. The van der Waals surface area contributed by atoms with E-state index in [4.69, 9.17) is 4.74 Å². The molecular weight excluding hydrogens is 282 g/mol. The summed E-state index contributed by atoms with van der Waals surface area (Å²) in [6, 6.07) is 9.38. The molecule has 1 N–H and O–H groups in total. The van der Waals surface area contributed by atoms with Gasteiger partial charge >= 0.3 is 6.09 Å². The Morgan fingerprint density at radius 2 is 2.09 bits per heavy atom. The average molecular weight is 305 g/mol. The number of aliphatic hydroxyl groups excluding tert-OH is 1. The minimum Gasteiger partial charge on any atom is -0.447 e. The predicted octanol–water partition coefficient (Wildman–Crippen LogP) is 2.37. The molecule has 0 spiro atoms. The van der Waals surface area contributed by atoms with Crippen molar-refractivity contribution in [1.29, 1.82) is 0 Å². The molecule has 0 aliphatic carbocycles. The van der Waals surface area contributed by atoms with Crippen molar-refractivity contribution in [2.24, 2.45) is 5.92 Å². The molecule has 1 fully saturated rings. The third-order valence-corrected chi connectivity index (χ3v) is 4.06. The molecule has 3 atom stereocenters. The first kappa shape index (κ1) is 16.5. The molecule has 5 nitrogen and oxygen atoms in total. The lowest BCUT2D eigenvalue weighted by atomic mass is 9.98. The molecule has 0 saturated carbocycles. The molecule has 1 aliphatic rings. The maximum Gasteiger partial charge on any atom is 0.416 e. The van der Waals surface area contributed by atoms with E-state index in [0.29, 0.717) is 12.8 Å².